The fraction of sp³-hybridized carbons (Fsp3) is 0.200. The molecule has 0 amide bonds. The highest BCUT2D eigenvalue weighted by atomic mass is 16.7. The molecular weight excluding hydrogens is 200 g/mol. The van der Waals surface area contributed by atoms with Crippen LogP contribution in [0, 0.1) is 0 Å². The monoisotopic (exact) mass is 210 g/mol. The van der Waals surface area contributed by atoms with Crippen molar-refractivity contribution in [1.82, 2.24) is 0 Å². The molecule has 0 radical (unpaired) electrons. The SMILES string of the molecule is CC(=O)OCOc1cccc(C(=O)O)c1. The molecule has 1 aromatic rings. The van der Waals surface area contributed by atoms with Gasteiger partial charge in [-0.2, -0.15) is 0 Å². The van der Waals surface area contributed by atoms with Gasteiger partial charge in [0.25, 0.3) is 0 Å². The summed E-state index contributed by atoms with van der Waals surface area (Å²) in [7, 11) is 0. The molecule has 0 saturated heterocycles. The lowest BCUT2D eigenvalue weighted by Gasteiger charge is -2.05. The van der Waals surface area contributed by atoms with Crippen molar-refractivity contribution in [2.75, 3.05) is 6.79 Å². The number of carbonyl (C=O) groups excluding carboxylic acids is 1. The molecular formula is C10H10O5. The summed E-state index contributed by atoms with van der Waals surface area (Å²) < 4.78 is 9.54. The van der Waals surface area contributed by atoms with Crippen molar-refractivity contribution >= 4 is 11.9 Å². The zero-order valence-electron chi connectivity index (χ0n) is 8.10. The predicted octanol–water partition coefficient (Wildman–Crippen LogP) is 1.28. The van der Waals surface area contributed by atoms with Gasteiger partial charge in [-0.3, -0.25) is 4.79 Å². The van der Waals surface area contributed by atoms with E-state index in [1.807, 2.05) is 0 Å². The number of rotatable bonds is 4. The topological polar surface area (TPSA) is 72.8 Å². The van der Waals surface area contributed by atoms with E-state index in [0.29, 0.717) is 5.75 Å². The van der Waals surface area contributed by atoms with Crippen LogP contribution in [0.15, 0.2) is 24.3 Å². The van der Waals surface area contributed by atoms with Crippen LogP contribution in [0.4, 0.5) is 0 Å². The maximum Gasteiger partial charge on any atom is 0.335 e. The van der Waals surface area contributed by atoms with Crippen LogP contribution in [0.3, 0.4) is 0 Å². The van der Waals surface area contributed by atoms with Gasteiger partial charge in [0.1, 0.15) is 5.75 Å². The molecule has 1 aromatic carbocycles. The molecule has 1 rings (SSSR count). The standard InChI is InChI=1S/C10H10O5/c1-7(11)14-6-15-9-4-2-3-8(5-9)10(12)13/h2-5H,6H2,1H3,(H,12,13). The number of esters is 1. The van der Waals surface area contributed by atoms with Gasteiger partial charge in [-0.15, -0.1) is 0 Å². The van der Waals surface area contributed by atoms with Crippen LogP contribution in [0.1, 0.15) is 17.3 Å². The van der Waals surface area contributed by atoms with Gasteiger partial charge in [-0.05, 0) is 18.2 Å². The zero-order chi connectivity index (χ0) is 11.3. The van der Waals surface area contributed by atoms with Crippen molar-refractivity contribution in [3.63, 3.8) is 0 Å². The lowest BCUT2D eigenvalue weighted by molar-refractivity contribution is -0.147. The molecule has 0 spiro atoms. The van der Waals surface area contributed by atoms with E-state index in [1.54, 1.807) is 12.1 Å². The van der Waals surface area contributed by atoms with E-state index in [1.165, 1.54) is 19.1 Å². The first-order valence-corrected chi connectivity index (χ1v) is 4.19. The fourth-order valence-electron chi connectivity index (χ4n) is 0.899. The van der Waals surface area contributed by atoms with E-state index in [-0.39, 0.29) is 12.4 Å². The van der Waals surface area contributed by atoms with Crippen molar-refractivity contribution in [2.45, 2.75) is 6.92 Å². The summed E-state index contributed by atoms with van der Waals surface area (Å²) >= 11 is 0. The van der Waals surface area contributed by atoms with Crippen LogP contribution in [-0.4, -0.2) is 23.8 Å². The highest BCUT2D eigenvalue weighted by molar-refractivity contribution is 5.87. The lowest BCUT2D eigenvalue weighted by atomic mass is 10.2. The predicted molar refractivity (Wildman–Crippen MR) is 50.7 cm³/mol. The molecule has 0 aliphatic rings. The van der Waals surface area contributed by atoms with Crippen molar-refractivity contribution in [1.29, 1.82) is 0 Å². The molecule has 0 bridgehead atoms. The second-order valence-corrected chi connectivity index (χ2v) is 2.73. The Hall–Kier alpha value is -2.04. The molecule has 15 heavy (non-hydrogen) atoms. The van der Waals surface area contributed by atoms with Crippen molar-refractivity contribution in [3.8, 4) is 5.75 Å². The number of hydrogen-bond acceptors (Lipinski definition) is 4. The maximum atomic E-state index is 10.6. The van der Waals surface area contributed by atoms with Crippen LogP contribution in [0.5, 0.6) is 5.75 Å². The Morgan fingerprint density at radius 1 is 1.40 bits per heavy atom. The summed E-state index contributed by atoms with van der Waals surface area (Å²) in [5.41, 5.74) is 0.121. The van der Waals surface area contributed by atoms with E-state index in [0.717, 1.165) is 0 Å². The Morgan fingerprint density at radius 2 is 2.13 bits per heavy atom. The van der Waals surface area contributed by atoms with E-state index < -0.39 is 11.9 Å². The minimum absolute atomic E-state index is 0.121. The molecule has 0 fully saturated rings. The molecule has 0 heterocycles. The fourth-order valence-corrected chi connectivity index (χ4v) is 0.899. The van der Waals surface area contributed by atoms with Gasteiger partial charge in [-0.1, -0.05) is 6.07 Å². The van der Waals surface area contributed by atoms with Crippen LogP contribution in [0.25, 0.3) is 0 Å². The first-order valence-electron chi connectivity index (χ1n) is 4.19. The number of ether oxygens (including phenoxy) is 2. The third kappa shape index (κ3) is 3.68. The quantitative estimate of drug-likeness (QED) is 0.598. The smallest absolute Gasteiger partial charge is 0.335 e. The van der Waals surface area contributed by atoms with Crippen LogP contribution < -0.4 is 4.74 Å². The van der Waals surface area contributed by atoms with Gasteiger partial charge in [-0.25, -0.2) is 4.79 Å². The van der Waals surface area contributed by atoms with Gasteiger partial charge in [0.05, 0.1) is 5.56 Å². The third-order valence-corrected chi connectivity index (χ3v) is 1.57. The Labute approximate surface area is 86.2 Å². The summed E-state index contributed by atoms with van der Waals surface area (Å²) in [6.07, 6.45) is 0. The van der Waals surface area contributed by atoms with Crippen molar-refractivity contribution in [2.24, 2.45) is 0 Å². The van der Waals surface area contributed by atoms with Crippen LogP contribution in [0.2, 0.25) is 0 Å². The number of carbonyl (C=O) groups is 2. The molecule has 5 nitrogen and oxygen atoms in total. The minimum Gasteiger partial charge on any atom is -0.478 e. The number of benzene rings is 1. The highest BCUT2D eigenvalue weighted by Gasteiger charge is 2.03. The zero-order valence-corrected chi connectivity index (χ0v) is 8.10. The largest absolute Gasteiger partial charge is 0.478 e. The second kappa shape index (κ2) is 4.99. The highest BCUT2D eigenvalue weighted by Crippen LogP contribution is 2.13. The Morgan fingerprint density at radius 3 is 2.73 bits per heavy atom. The normalized spacial score (nSPS) is 9.40. The Balaban J connectivity index is 2.58. The van der Waals surface area contributed by atoms with Crippen LogP contribution in [-0.2, 0) is 9.53 Å². The summed E-state index contributed by atoms with van der Waals surface area (Å²) in [6, 6.07) is 5.93. The average molecular weight is 210 g/mol. The van der Waals surface area contributed by atoms with E-state index >= 15 is 0 Å². The summed E-state index contributed by atoms with van der Waals surface area (Å²) in [6.45, 7) is 1.04. The first kappa shape index (κ1) is 11.0. The second-order valence-electron chi connectivity index (χ2n) is 2.73. The molecule has 0 saturated carbocycles. The summed E-state index contributed by atoms with van der Waals surface area (Å²) in [4.78, 5) is 21.0. The summed E-state index contributed by atoms with van der Waals surface area (Å²) in [5, 5.41) is 8.68. The Kier molecular flexibility index (Phi) is 3.68. The van der Waals surface area contributed by atoms with E-state index in [4.69, 9.17) is 9.84 Å². The molecule has 80 valence electrons. The summed E-state index contributed by atoms with van der Waals surface area (Å²) in [5.74, 6) is -1.14. The van der Waals surface area contributed by atoms with Gasteiger partial charge in [0.15, 0.2) is 0 Å². The lowest BCUT2D eigenvalue weighted by Crippen LogP contribution is -2.07. The minimum atomic E-state index is -1.03. The number of carboxylic acid groups (broad SMARTS) is 1. The molecule has 5 heteroatoms. The molecule has 0 aliphatic carbocycles. The molecule has 1 N–H and O–H groups in total. The Bertz CT molecular complexity index is 372. The van der Waals surface area contributed by atoms with Crippen molar-refractivity contribution < 1.29 is 24.2 Å². The third-order valence-electron chi connectivity index (χ3n) is 1.57. The first-order chi connectivity index (χ1) is 7.09. The maximum absolute atomic E-state index is 10.6. The van der Waals surface area contributed by atoms with E-state index in [9.17, 15) is 9.59 Å². The van der Waals surface area contributed by atoms with Crippen molar-refractivity contribution in [3.05, 3.63) is 29.8 Å². The molecule has 0 aliphatic heterocycles. The van der Waals surface area contributed by atoms with Gasteiger partial charge >= 0.3 is 11.9 Å². The van der Waals surface area contributed by atoms with E-state index in [2.05, 4.69) is 4.74 Å². The van der Waals surface area contributed by atoms with Crippen LogP contribution >= 0.6 is 0 Å². The molecule has 0 unspecified atom stereocenters. The molecule has 0 atom stereocenters. The number of carboxylic acids is 1. The number of aromatic carboxylic acids is 1. The number of hydrogen-bond donors (Lipinski definition) is 1. The van der Waals surface area contributed by atoms with Gasteiger partial charge < -0.3 is 14.6 Å². The average Bonchev–Trinajstić information content (AvgIpc) is 2.17. The van der Waals surface area contributed by atoms with Gasteiger partial charge in [0.2, 0.25) is 6.79 Å². The molecule has 0 aromatic heterocycles. The van der Waals surface area contributed by atoms with Gasteiger partial charge in [0, 0.05) is 6.92 Å².